The summed E-state index contributed by atoms with van der Waals surface area (Å²) in [5.41, 5.74) is 4.26. The highest BCUT2D eigenvalue weighted by Gasteiger charge is 2.15. The van der Waals surface area contributed by atoms with Crippen molar-refractivity contribution < 1.29 is 14.3 Å². The fraction of sp³-hybridized carbons (Fsp3) is 0.0870. The van der Waals surface area contributed by atoms with Crippen molar-refractivity contribution in [1.82, 2.24) is 10.2 Å². The fourth-order valence-electron chi connectivity index (χ4n) is 3.12. The number of rotatable bonds is 5. The Kier molecular flexibility index (Phi) is 5.45. The van der Waals surface area contributed by atoms with E-state index in [0.717, 1.165) is 27.7 Å². The second kappa shape index (κ2) is 8.34. The first-order valence-electron chi connectivity index (χ1n) is 9.26. The number of benzene rings is 2. The molecule has 0 radical (unpaired) electrons. The number of ether oxygens (including phenoxy) is 1. The molecule has 0 bridgehead atoms. The van der Waals surface area contributed by atoms with Crippen LogP contribution in [0.5, 0.6) is 0 Å². The van der Waals surface area contributed by atoms with Gasteiger partial charge >= 0.3 is 5.97 Å². The molecular formula is C23H19N3O3S. The van der Waals surface area contributed by atoms with Crippen LogP contribution in [0.1, 0.15) is 36.9 Å². The third kappa shape index (κ3) is 3.88. The minimum Gasteiger partial charge on any atom is -0.465 e. The number of aromatic amines is 1. The molecule has 6 nitrogen and oxygen atoms in total. The van der Waals surface area contributed by atoms with Crippen LogP contribution in [0.15, 0.2) is 53.9 Å². The van der Waals surface area contributed by atoms with Crippen LogP contribution in [0, 0.1) is 6.92 Å². The monoisotopic (exact) mass is 417 g/mol. The number of carbonyl (C=O) groups excluding carboxylic acids is 2. The number of esters is 1. The van der Waals surface area contributed by atoms with Gasteiger partial charge in [0.2, 0.25) is 0 Å². The molecule has 0 aliphatic heterocycles. The Bertz CT molecular complexity index is 1270. The number of carbonyl (C=O) groups is 2. The van der Waals surface area contributed by atoms with Crippen molar-refractivity contribution in [2.24, 2.45) is 0 Å². The first-order chi connectivity index (χ1) is 14.6. The number of H-pyrrole nitrogens is 1. The zero-order valence-electron chi connectivity index (χ0n) is 16.4. The quantitative estimate of drug-likeness (QED) is 0.440. The van der Waals surface area contributed by atoms with E-state index in [-0.39, 0.29) is 5.91 Å². The second-order valence-electron chi connectivity index (χ2n) is 6.67. The van der Waals surface area contributed by atoms with Gasteiger partial charge < -0.3 is 10.1 Å². The predicted octanol–water partition coefficient (Wildman–Crippen LogP) is 5.14. The summed E-state index contributed by atoms with van der Waals surface area (Å²) in [6.45, 7) is 1.89. The number of aromatic nitrogens is 2. The molecule has 150 valence electrons. The zero-order valence-corrected chi connectivity index (χ0v) is 17.2. The number of amides is 1. The van der Waals surface area contributed by atoms with E-state index in [9.17, 15) is 9.59 Å². The van der Waals surface area contributed by atoms with Crippen LogP contribution in [0.4, 0.5) is 5.69 Å². The van der Waals surface area contributed by atoms with Crippen LogP contribution in [0.25, 0.3) is 23.1 Å². The molecule has 1 amide bonds. The molecule has 0 aliphatic carbocycles. The summed E-state index contributed by atoms with van der Waals surface area (Å²) < 4.78 is 4.81. The van der Waals surface area contributed by atoms with E-state index >= 15 is 0 Å². The van der Waals surface area contributed by atoms with E-state index in [1.807, 2.05) is 54.8 Å². The van der Waals surface area contributed by atoms with Gasteiger partial charge in [0.05, 0.1) is 28.8 Å². The summed E-state index contributed by atoms with van der Waals surface area (Å²) >= 11 is 1.37. The normalized spacial score (nSPS) is 11.1. The molecule has 0 saturated heterocycles. The lowest BCUT2D eigenvalue weighted by Crippen LogP contribution is -2.13. The smallest absolute Gasteiger partial charge is 0.337 e. The van der Waals surface area contributed by atoms with Crippen LogP contribution in [-0.4, -0.2) is 29.2 Å². The Labute approximate surface area is 177 Å². The van der Waals surface area contributed by atoms with Gasteiger partial charge in [0.15, 0.2) is 0 Å². The number of methoxy groups -OCH3 is 1. The lowest BCUT2D eigenvalue weighted by atomic mass is 10.1. The van der Waals surface area contributed by atoms with Crippen LogP contribution < -0.4 is 5.32 Å². The van der Waals surface area contributed by atoms with Gasteiger partial charge in [-0.25, -0.2) is 4.79 Å². The molecule has 4 rings (SSSR count). The van der Waals surface area contributed by atoms with E-state index in [4.69, 9.17) is 4.74 Å². The van der Waals surface area contributed by atoms with Gasteiger partial charge in [-0.15, -0.1) is 11.3 Å². The molecule has 0 unspecified atom stereocenters. The largest absolute Gasteiger partial charge is 0.465 e. The summed E-state index contributed by atoms with van der Waals surface area (Å²) in [5, 5.41) is 13.1. The molecule has 0 fully saturated rings. The predicted molar refractivity (Wildman–Crippen MR) is 120 cm³/mol. The Morgan fingerprint density at radius 3 is 2.73 bits per heavy atom. The molecule has 7 heteroatoms. The summed E-state index contributed by atoms with van der Waals surface area (Å²) in [6.07, 6.45) is 3.73. The van der Waals surface area contributed by atoms with Crippen molar-refractivity contribution in [3.05, 3.63) is 81.2 Å². The van der Waals surface area contributed by atoms with Gasteiger partial charge in [-0.05, 0) is 53.8 Å². The molecule has 30 heavy (non-hydrogen) atoms. The van der Waals surface area contributed by atoms with Crippen LogP contribution >= 0.6 is 11.3 Å². The van der Waals surface area contributed by atoms with E-state index in [1.165, 1.54) is 18.4 Å². The molecule has 2 aromatic carbocycles. The van der Waals surface area contributed by atoms with Crippen molar-refractivity contribution >= 4 is 52.0 Å². The van der Waals surface area contributed by atoms with E-state index in [0.29, 0.717) is 16.1 Å². The molecule has 0 saturated carbocycles. The first kappa shape index (κ1) is 19.6. The summed E-state index contributed by atoms with van der Waals surface area (Å²) in [4.78, 5) is 25.4. The van der Waals surface area contributed by atoms with E-state index < -0.39 is 5.97 Å². The molecule has 0 spiro atoms. The minimum atomic E-state index is -0.466. The number of hydrogen-bond donors (Lipinski definition) is 2. The topological polar surface area (TPSA) is 84.1 Å². The maximum Gasteiger partial charge on any atom is 0.337 e. The number of hydrogen-bond acceptors (Lipinski definition) is 5. The Balaban J connectivity index is 1.70. The average Bonchev–Trinajstić information content (AvgIpc) is 3.38. The maximum atomic E-state index is 12.7. The Hall–Kier alpha value is -3.71. The maximum absolute atomic E-state index is 12.7. The highest BCUT2D eigenvalue weighted by atomic mass is 32.1. The average molecular weight is 417 g/mol. The van der Waals surface area contributed by atoms with Crippen LogP contribution in [0.2, 0.25) is 0 Å². The number of nitrogens with zero attached hydrogens (tertiary/aromatic N) is 1. The van der Waals surface area contributed by atoms with Crippen molar-refractivity contribution in [1.29, 1.82) is 0 Å². The minimum absolute atomic E-state index is 0.218. The number of aryl methyl sites for hydroxylation is 1. The number of thiophene rings is 1. The molecule has 2 N–H and O–H groups in total. The molecule has 4 aromatic rings. The second-order valence-corrected chi connectivity index (χ2v) is 7.58. The molecule has 2 aromatic heterocycles. The summed E-state index contributed by atoms with van der Waals surface area (Å²) in [7, 11) is 1.33. The number of para-hydroxylation sites is 1. The van der Waals surface area contributed by atoms with Gasteiger partial charge in [0, 0.05) is 11.1 Å². The first-order valence-corrected chi connectivity index (χ1v) is 10.1. The molecule has 2 heterocycles. The lowest BCUT2D eigenvalue weighted by Gasteiger charge is -2.10. The zero-order chi connectivity index (χ0) is 21.1. The number of anilines is 1. The van der Waals surface area contributed by atoms with Gasteiger partial charge in [0.1, 0.15) is 0 Å². The van der Waals surface area contributed by atoms with Gasteiger partial charge in [-0.3, -0.25) is 9.89 Å². The third-order valence-corrected chi connectivity index (χ3v) is 5.73. The Morgan fingerprint density at radius 1 is 1.13 bits per heavy atom. The number of fused-ring (bicyclic) bond motifs is 1. The fourth-order valence-corrected chi connectivity index (χ4v) is 3.94. The molecule has 0 aliphatic rings. The van der Waals surface area contributed by atoms with Gasteiger partial charge in [0.25, 0.3) is 5.91 Å². The lowest BCUT2D eigenvalue weighted by molar-refractivity contribution is 0.0600. The highest BCUT2D eigenvalue weighted by Crippen LogP contribution is 2.25. The van der Waals surface area contributed by atoms with Crippen LogP contribution in [0.3, 0.4) is 0 Å². The highest BCUT2D eigenvalue weighted by molar-refractivity contribution is 7.12. The molecule has 0 atom stereocenters. The van der Waals surface area contributed by atoms with Crippen molar-refractivity contribution in [2.45, 2.75) is 6.92 Å². The van der Waals surface area contributed by atoms with Crippen molar-refractivity contribution in [3.63, 3.8) is 0 Å². The van der Waals surface area contributed by atoms with Crippen molar-refractivity contribution in [3.8, 4) is 0 Å². The summed E-state index contributed by atoms with van der Waals surface area (Å²) in [6, 6.07) is 14.8. The van der Waals surface area contributed by atoms with Gasteiger partial charge in [-0.2, -0.15) is 5.10 Å². The van der Waals surface area contributed by atoms with Gasteiger partial charge in [-0.1, -0.05) is 30.3 Å². The van der Waals surface area contributed by atoms with Crippen LogP contribution in [-0.2, 0) is 4.74 Å². The SMILES string of the molecule is COC(=O)c1ccc(/C=C/c2n[nH]c3ccccc23)c(NC(=O)c2sccc2C)c1. The Morgan fingerprint density at radius 2 is 1.97 bits per heavy atom. The van der Waals surface area contributed by atoms with E-state index in [2.05, 4.69) is 15.5 Å². The summed E-state index contributed by atoms with van der Waals surface area (Å²) in [5.74, 6) is -0.684. The molecular weight excluding hydrogens is 398 g/mol. The van der Waals surface area contributed by atoms with E-state index in [1.54, 1.807) is 18.2 Å². The van der Waals surface area contributed by atoms with Crippen molar-refractivity contribution in [2.75, 3.05) is 12.4 Å². The number of nitrogens with one attached hydrogen (secondary N) is 2. The third-order valence-electron chi connectivity index (χ3n) is 4.71. The standard InChI is InChI=1S/C23H19N3O3S/c1-14-11-12-30-21(14)22(27)24-20-13-16(23(28)29-2)8-7-15(20)9-10-19-17-5-3-4-6-18(17)25-26-19/h3-13H,1-2H3,(H,24,27)(H,25,26)/b10-9+.